The maximum atomic E-state index is 12.4. The summed E-state index contributed by atoms with van der Waals surface area (Å²) in [5.41, 5.74) is 2.36. The summed E-state index contributed by atoms with van der Waals surface area (Å²) < 4.78 is 10.5. The van der Waals surface area contributed by atoms with Crippen molar-refractivity contribution in [1.82, 2.24) is 0 Å². The highest BCUT2D eigenvalue weighted by molar-refractivity contribution is 5.93. The molecule has 138 valence electrons. The third-order valence-electron chi connectivity index (χ3n) is 3.91. The predicted molar refractivity (Wildman–Crippen MR) is 102 cm³/mol. The first-order chi connectivity index (χ1) is 12.4. The topological polar surface area (TPSA) is 76.7 Å². The normalized spacial score (nSPS) is 11.4. The molecule has 2 rings (SSSR count). The first-order valence-electron chi connectivity index (χ1n) is 8.32. The van der Waals surface area contributed by atoms with Crippen LogP contribution in [0, 0.1) is 5.92 Å². The molecule has 0 fully saturated rings. The molecule has 1 atom stereocenters. The van der Waals surface area contributed by atoms with Crippen molar-refractivity contribution >= 4 is 23.2 Å². The van der Waals surface area contributed by atoms with Gasteiger partial charge in [0.2, 0.25) is 11.8 Å². The van der Waals surface area contributed by atoms with E-state index < -0.39 is 0 Å². The molecule has 26 heavy (non-hydrogen) atoms. The van der Waals surface area contributed by atoms with Gasteiger partial charge in [-0.05, 0) is 48.4 Å². The van der Waals surface area contributed by atoms with Crippen molar-refractivity contribution in [2.45, 2.75) is 20.3 Å². The molecule has 1 unspecified atom stereocenters. The van der Waals surface area contributed by atoms with Crippen LogP contribution in [0.2, 0.25) is 0 Å². The molecule has 6 heteroatoms. The number of carbonyl (C=O) groups excluding carboxylic acids is 2. The van der Waals surface area contributed by atoms with Gasteiger partial charge in [0.05, 0.1) is 14.2 Å². The number of benzene rings is 2. The van der Waals surface area contributed by atoms with Crippen molar-refractivity contribution in [3.63, 3.8) is 0 Å². The smallest absolute Gasteiger partial charge is 0.227 e. The van der Waals surface area contributed by atoms with Gasteiger partial charge in [0.1, 0.15) is 0 Å². The van der Waals surface area contributed by atoms with E-state index in [2.05, 4.69) is 10.6 Å². The zero-order valence-electron chi connectivity index (χ0n) is 15.5. The van der Waals surface area contributed by atoms with Gasteiger partial charge in [-0.25, -0.2) is 0 Å². The number of amides is 2. The highest BCUT2D eigenvalue weighted by Gasteiger charge is 2.15. The summed E-state index contributed by atoms with van der Waals surface area (Å²) in [7, 11) is 3.17. The Morgan fingerprint density at radius 3 is 2.04 bits per heavy atom. The molecule has 2 amide bonds. The van der Waals surface area contributed by atoms with Gasteiger partial charge in [0, 0.05) is 24.2 Å². The number of hydrogen-bond acceptors (Lipinski definition) is 4. The Balaban J connectivity index is 1.98. The third-order valence-corrected chi connectivity index (χ3v) is 3.91. The van der Waals surface area contributed by atoms with E-state index in [0.717, 1.165) is 5.56 Å². The van der Waals surface area contributed by atoms with E-state index in [1.165, 1.54) is 6.92 Å². The standard InChI is InChI=1S/C20H24N2O4/c1-13(11-15-5-10-18(25-3)19(12-15)26-4)20(24)22-17-8-6-16(7-9-17)21-14(2)23/h5-10,12-13H,11H2,1-4H3,(H,21,23)(H,22,24). The van der Waals surface area contributed by atoms with Crippen LogP contribution in [0.1, 0.15) is 19.4 Å². The van der Waals surface area contributed by atoms with Crippen molar-refractivity contribution < 1.29 is 19.1 Å². The van der Waals surface area contributed by atoms with Gasteiger partial charge in [-0.2, -0.15) is 0 Å². The zero-order valence-corrected chi connectivity index (χ0v) is 15.5. The second-order valence-corrected chi connectivity index (χ2v) is 6.04. The van der Waals surface area contributed by atoms with Crippen LogP contribution in [0.15, 0.2) is 42.5 Å². The van der Waals surface area contributed by atoms with Crippen LogP contribution >= 0.6 is 0 Å². The van der Waals surface area contributed by atoms with E-state index in [9.17, 15) is 9.59 Å². The number of rotatable bonds is 7. The minimum absolute atomic E-state index is 0.0768. The third kappa shape index (κ3) is 5.24. The summed E-state index contributed by atoms with van der Waals surface area (Å²) in [6.45, 7) is 3.32. The van der Waals surface area contributed by atoms with Crippen LogP contribution < -0.4 is 20.1 Å². The van der Waals surface area contributed by atoms with Gasteiger partial charge in [-0.1, -0.05) is 13.0 Å². The van der Waals surface area contributed by atoms with Crippen molar-refractivity contribution in [3.8, 4) is 11.5 Å². The lowest BCUT2D eigenvalue weighted by Crippen LogP contribution is -2.22. The van der Waals surface area contributed by atoms with E-state index in [1.54, 1.807) is 38.5 Å². The number of hydrogen-bond donors (Lipinski definition) is 2. The van der Waals surface area contributed by atoms with Crippen LogP contribution in [0.5, 0.6) is 11.5 Å². The number of ether oxygens (including phenoxy) is 2. The van der Waals surface area contributed by atoms with Gasteiger partial charge < -0.3 is 20.1 Å². The molecule has 0 bridgehead atoms. The van der Waals surface area contributed by atoms with Gasteiger partial charge in [-0.15, -0.1) is 0 Å². The van der Waals surface area contributed by atoms with Crippen molar-refractivity contribution in [3.05, 3.63) is 48.0 Å². The van der Waals surface area contributed by atoms with Crippen LogP contribution in [0.25, 0.3) is 0 Å². The minimum atomic E-state index is -0.219. The summed E-state index contributed by atoms with van der Waals surface area (Å²) >= 11 is 0. The first-order valence-corrected chi connectivity index (χ1v) is 8.32. The number of anilines is 2. The molecule has 0 spiro atoms. The lowest BCUT2D eigenvalue weighted by atomic mass is 10.00. The summed E-state index contributed by atoms with van der Waals surface area (Å²) in [6.07, 6.45) is 0.580. The number of methoxy groups -OCH3 is 2. The molecule has 0 saturated carbocycles. The first kappa shape index (κ1) is 19.3. The van der Waals surface area contributed by atoms with Gasteiger partial charge >= 0.3 is 0 Å². The molecule has 0 aromatic heterocycles. The summed E-state index contributed by atoms with van der Waals surface area (Å²) in [5, 5.41) is 5.57. The fourth-order valence-corrected chi connectivity index (χ4v) is 2.56. The van der Waals surface area contributed by atoms with Gasteiger partial charge in [-0.3, -0.25) is 9.59 Å². The Kier molecular flexibility index (Phi) is 6.60. The molecule has 2 aromatic carbocycles. The number of nitrogens with one attached hydrogen (secondary N) is 2. The molecule has 0 aliphatic rings. The Hall–Kier alpha value is -3.02. The second kappa shape index (κ2) is 8.89. The largest absolute Gasteiger partial charge is 0.493 e. The molecule has 0 aliphatic heterocycles. The summed E-state index contributed by atoms with van der Waals surface area (Å²) in [5.74, 6) is 0.874. The summed E-state index contributed by atoms with van der Waals surface area (Å²) in [6, 6.07) is 12.6. The second-order valence-electron chi connectivity index (χ2n) is 6.04. The molecule has 0 aliphatic carbocycles. The highest BCUT2D eigenvalue weighted by atomic mass is 16.5. The maximum Gasteiger partial charge on any atom is 0.227 e. The Morgan fingerprint density at radius 2 is 1.50 bits per heavy atom. The molecular weight excluding hydrogens is 332 g/mol. The van der Waals surface area contributed by atoms with E-state index in [4.69, 9.17) is 9.47 Å². The Labute approximate surface area is 153 Å². The molecule has 2 N–H and O–H groups in total. The Morgan fingerprint density at radius 1 is 0.923 bits per heavy atom. The van der Waals surface area contributed by atoms with Gasteiger partial charge in [0.15, 0.2) is 11.5 Å². The van der Waals surface area contributed by atoms with Crippen LogP contribution in [-0.4, -0.2) is 26.0 Å². The van der Waals surface area contributed by atoms with Gasteiger partial charge in [0.25, 0.3) is 0 Å². The molecule has 0 radical (unpaired) electrons. The fraction of sp³-hybridized carbons (Fsp3) is 0.300. The minimum Gasteiger partial charge on any atom is -0.493 e. The van der Waals surface area contributed by atoms with Crippen LogP contribution in [-0.2, 0) is 16.0 Å². The van der Waals surface area contributed by atoms with Crippen LogP contribution in [0.4, 0.5) is 11.4 Å². The zero-order chi connectivity index (χ0) is 19.1. The molecule has 0 saturated heterocycles. The van der Waals surface area contributed by atoms with Crippen molar-refractivity contribution in [2.24, 2.45) is 5.92 Å². The molecular formula is C20H24N2O4. The lowest BCUT2D eigenvalue weighted by Gasteiger charge is -2.14. The summed E-state index contributed by atoms with van der Waals surface area (Å²) in [4.78, 5) is 23.4. The average Bonchev–Trinajstić information content (AvgIpc) is 2.62. The Bertz CT molecular complexity index is 772. The van der Waals surface area contributed by atoms with E-state index in [-0.39, 0.29) is 17.7 Å². The highest BCUT2D eigenvalue weighted by Crippen LogP contribution is 2.28. The molecule has 6 nitrogen and oxygen atoms in total. The lowest BCUT2D eigenvalue weighted by molar-refractivity contribution is -0.119. The van der Waals surface area contributed by atoms with E-state index in [0.29, 0.717) is 29.3 Å². The maximum absolute atomic E-state index is 12.4. The van der Waals surface area contributed by atoms with Crippen molar-refractivity contribution in [1.29, 1.82) is 0 Å². The van der Waals surface area contributed by atoms with Crippen LogP contribution in [0.3, 0.4) is 0 Å². The molecule has 0 heterocycles. The quantitative estimate of drug-likeness (QED) is 0.796. The predicted octanol–water partition coefficient (Wildman–Crippen LogP) is 3.48. The monoisotopic (exact) mass is 356 g/mol. The van der Waals surface area contributed by atoms with E-state index >= 15 is 0 Å². The fourth-order valence-electron chi connectivity index (χ4n) is 2.56. The SMILES string of the molecule is COc1ccc(CC(C)C(=O)Nc2ccc(NC(C)=O)cc2)cc1OC. The van der Waals surface area contributed by atoms with E-state index in [1.807, 2.05) is 25.1 Å². The van der Waals surface area contributed by atoms with Crippen molar-refractivity contribution in [2.75, 3.05) is 24.9 Å². The molecule has 2 aromatic rings. The average molecular weight is 356 g/mol. The number of carbonyl (C=O) groups is 2.